The van der Waals surface area contributed by atoms with E-state index in [0.29, 0.717) is 49.2 Å². The molecule has 3 saturated heterocycles. The topological polar surface area (TPSA) is 55.9 Å². The summed E-state index contributed by atoms with van der Waals surface area (Å²) >= 11 is 0. The van der Waals surface area contributed by atoms with Gasteiger partial charge in [-0.15, -0.1) is 0 Å². The number of likely N-dealkylation sites (tertiary alicyclic amines) is 2. The van der Waals surface area contributed by atoms with Gasteiger partial charge in [-0.25, -0.2) is 4.39 Å². The van der Waals surface area contributed by atoms with Gasteiger partial charge < -0.3 is 15.1 Å². The molecule has 0 saturated carbocycles. The molecule has 47 heavy (non-hydrogen) atoms. The van der Waals surface area contributed by atoms with Crippen LogP contribution >= 0.6 is 0 Å². The van der Waals surface area contributed by atoms with Crippen molar-refractivity contribution in [3.05, 3.63) is 94.3 Å². The lowest BCUT2D eigenvalue weighted by atomic mass is 9.83. The maximum atomic E-state index is 15.1. The van der Waals surface area contributed by atoms with E-state index >= 15 is 4.39 Å². The third-order valence-corrected chi connectivity index (χ3v) is 10.0. The first kappa shape index (κ1) is 33.0. The number of aryl methyl sites for hydroxylation is 2. The Bertz CT molecular complexity index is 1580. The van der Waals surface area contributed by atoms with Gasteiger partial charge in [-0.2, -0.15) is 13.2 Å². The second kappa shape index (κ2) is 13.7. The molecule has 3 heterocycles. The molecule has 250 valence electrons. The minimum absolute atomic E-state index is 0.0174. The third kappa shape index (κ3) is 7.03. The van der Waals surface area contributed by atoms with Crippen LogP contribution in [0, 0.1) is 25.6 Å². The number of alkyl halides is 3. The van der Waals surface area contributed by atoms with E-state index in [4.69, 9.17) is 0 Å². The number of hydrogen-bond donors (Lipinski definition) is 1. The lowest BCUT2D eigenvalue weighted by molar-refractivity contribution is -0.177. The number of carbonyl (C=O) groups excluding carboxylic acids is 2. The number of amides is 2. The third-order valence-electron chi connectivity index (χ3n) is 10.0. The molecule has 3 atom stereocenters. The highest BCUT2D eigenvalue weighted by Gasteiger charge is 2.46. The van der Waals surface area contributed by atoms with Crippen molar-refractivity contribution < 1.29 is 27.2 Å². The van der Waals surface area contributed by atoms with E-state index in [1.807, 2.05) is 18.2 Å². The van der Waals surface area contributed by atoms with Crippen LogP contribution in [0.15, 0.2) is 60.7 Å². The van der Waals surface area contributed by atoms with Crippen molar-refractivity contribution in [2.45, 2.75) is 77.2 Å². The SMILES string of the molecule is Cc1ccc(NC(=O)C2CCCN(C(=O)c3c(C)cccc3F)C2c2ccc(CN3CCCC3C(F)(F)F)cc2)cc1N1CCCC1. The molecule has 3 aliphatic heterocycles. The minimum Gasteiger partial charge on any atom is -0.371 e. The molecular formula is C37H42F4N4O2. The molecule has 6 rings (SSSR count). The van der Waals surface area contributed by atoms with Gasteiger partial charge in [-0.3, -0.25) is 14.5 Å². The largest absolute Gasteiger partial charge is 0.404 e. The molecule has 3 aromatic carbocycles. The van der Waals surface area contributed by atoms with Crippen LogP contribution in [0.3, 0.4) is 0 Å². The van der Waals surface area contributed by atoms with Crippen molar-refractivity contribution in [3.8, 4) is 0 Å². The first-order chi connectivity index (χ1) is 22.5. The molecule has 1 N–H and O–H groups in total. The van der Waals surface area contributed by atoms with E-state index < -0.39 is 35.9 Å². The van der Waals surface area contributed by atoms with Gasteiger partial charge in [0.1, 0.15) is 11.9 Å². The molecule has 0 spiro atoms. The van der Waals surface area contributed by atoms with E-state index in [-0.39, 0.29) is 24.4 Å². The van der Waals surface area contributed by atoms with Crippen LogP contribution in [0.25, 0.3) is 0 Å². The Balaban J connectivity index is 1.30. The number of benzene rings is 3. The Morgan fingerprint density at radius 2 is 1.57 bits per heavy atom. The van der Waals surface area contributed by atoms with Gasteiger partial charge in [0.05, 0.1) is 17.5 Å². The Morgan fingerprint density at radius 1 is 0.851 bits per heavy atom. The van der Waals surface area contributed by atoms with Crippen LogP contribution in [0.2, 0.25) is 0 Å². The molecule has 10 heteroatoms. The van der Waals surface area contributed by atoms with Gasteiger partial charge in [0.25, 0.3) is 5.91 Å². The summed E-state index contributed by atoms with van der Waals surface area (Å²) < 4.78 is 55.8. The monoisotopic (exact) mass is 650 g/mol. The lowest BCUT2D eigenvalue weighted by Gasteiger charge is -2.41. The molecule has 3 fully saturated rings. The number of halogens is 4. The maximum Gasteiger partial charge on any atom is 0.404 e. The van der Waals surface area contributed by atoms with Crippen molar-refractivity contribution >= 4 is 23.2 Å². The fraction of sp³-hybridized carbons (Fsp3) is 0.459. The zero-order valence-electron chi connectivity index (χ0n) is 27.0. The second-order valence-corrected chi connectivity index (χ2v) is 13.2. The summed E-state index contributed by atoms with van der Waals surface area (Å²) in [5.74, 6) is -1.96. The van der Waals surface area contributed by atoms with Crippen LogP contribution < -0.4 is 10.2 Å². The first-order valence-corrected chi connectivity index (χ1v) is 16.6. The molecule has 3 aromatic rings. The highest BCUT2D eigenvalue weighted by molar-refractivity contribution is 5.98. The van der Waals surface area contributed by atoms with Gasteiger partial charge in [0, 0.05) is 37.6 Å². The summed E-state index contributed by atoms with van der Waals surface area (Å²) in [5, 5.41) is 3.11. The molecule has 0 radical (unpaired) electrons. The fourth-order valence-electron chi connectivity index (χ4n) is 7.62. The number of nitrogens with zero attached hydrogens (tertiary/aromatic N) is 3. The normalized spacial score (nSPS) is 22.1. The molecule has 6 nitrogen and oxygen atoms in total. The van der Waals surface area contributed by atoms with Crippen molar-refractivity contribution in [1.29, 1.82) is 0 Å². The predicted molar refractivity (Wildman–Crippen MR) is 175 cm³/mol. The molecular weight excluding hydrogens is 608 g/mol. The van der Waals surface area contributed by atoms with Gasteiger partial charge in [0.15, 0.2) is 0 Å². The van der Waals surface area contributed by atoms with Crippen LogP contribution in [0.5, 0.6) is 0 Å². The van der Waals surface area contributed by atoms with Crippen molar-refractivity contribution in [3.63, 3.8) is 0 Å². The molecule has 0 bridgehead atoms. The van der Waals surface area contributed by atoms with Gasteiger partial charge >= 0.3 is 6.18 Å². The van der Waals surface area contributed by atoms with Crippen molar-refractivity contribution in [1.82, 2.24) is 9.80 Å². The van der Waals surface area contributed by atoms with Crippen molar-refractivity contribution in [2.75, 3.05) is 36.4 Å². The molecule has 3 aliphatic rings. The van der Waals surface area contributed by atoms with Gasteiger partial charge in [0.2, 0.25) is 5.91 Å². The van der Waals surface area contributed by atoms with Gasteiger partial charge in [-0.1, -0.05) is 42.5 Å². The summed E-state index contributed by atoms with van der Waals surface area (Å²) in [6.45, 7) is 6.56. The Morgan fingerprint density at radius 3 is 2.28 bits per heavy atom. The summed E-state index contributed by atoms with van der Waals surface area (Å²) in [6.07, 6.45) is -0.355. The number of carbonyl (C=O) groups is 2. The highest BCUT2D eigenvalue weighted by atomic mass is 19.4. The van der Waals surface area contributed by atoms with Gasteiger partial charge in [-0.05, 0) is 99.4 Å². The second-order valence-electron chi connectivity index (χ2n) is 13.2. The summed E-state index contributed by atoms with van der Waals surface area (Å²) in [6, 6.07) is 15.4. The number of nitrogens with one attached hydrogen (secondary N) is 1. The molecule has 3 unspecified atom stereocenters. The standard InChI is InChI=1S/C37H42F4N4O2/c1-24-12-17-28(22-31(24)43-18-3-4-19-43)42-35(46)29-9-6-21-45(36(47)33-25(2)8-5-10-30(33)38)34(29)27-15-13-26(14-16-27)23-44-20-7-11-32(44)37(39,40)41/h5,8,10,12-17,22,29,32,34H,3-4,6-7,9,11,18-21,23H2,1-2H3,(H,42,46). The van der Waals surface area contributed by atoms with E-state index in [1.165, 1.54) is 11.0 Å². The quantitative estimate of drug-likeness (QED) is 0.265. The maximum absolute atomic E-state index is 15.1. The average Bonchev–Trinajstić information content (AvgIpc) is 3.75. The van der Waals surface area contributed by atoms with Crippen LogP contribution in [-0.2, 0) is 11.3 Å². The fourth-order valence-corrected chi connectivity index (χ4v) is 7.62. The van der Waals surface area contributed by atoms with Crippen LogP contribution in [-0.4, -0.2) is 60.0 Å². The number of hydrogen-bond acceptors (Lipinski definition) is 4. The lowest BCUT2D eigenvalue weighted by Crippen LogP contribution is -2.46. The van der Waals surface area contributed by atoms with Crippen LogP contribution in [0.1, 0.15) is 77.2 Å². The number of rotatable bonds is 7. The zero-order valence-corrected chi connectivity index (χ0v) is 27.0. The summed E-state index contributed by atoms with van der Waals surface area (Å²) in [5.41, 5.74) is 4.80. The summed E-state index contributed by atoms with van der Waals surface area (Å²) in [7, 11) is 0. The number of piperidine rings is 1. The Kier molecular flexibility index (Phi) is 9.60. The van der Waals surface area contributed by atoms with E-state index in [1.54, 1.807) is 48.2 Å². The first-order valence-electron chi connectivity index (χ1n) is 16.6. The summed E-state index contributed by atoms with van der Waals surface area (Å²) in [4.78, 5) is 33.5. The van der Waals surface area contributed by atoms with E-state index in [0.717, 1.165) is 42.7 Å². The van der Waals surface area contributed by atoms with Crippen LogP contribution in [0.4, 0.5) is 28.9 Å². The Labute approximate surface area is 273 Å². The number of anilines is 2. The Hall–Kier alpha value is -3.92. The predicted octanol–water partition coefficient (Wildman–Crippen LogP) is 7.80. The zero-order chi connectivity index (χ0) is 33.3. The van der Waals surface area contributed by atoms with E-state index in [2.05, 4.69) is 17.1 Å². The molecule has 2 amide bonds. The van der Waals surface area contributed by atoms with Crippen molar-refractivity contribution in [2.24, 2.45) is 5.92 Å². The smallest absolute Gasteiger partial charge is 0.371 e. The molecule has 0 aliphatic carbocycles. The van der Waals surface area contributed by atoms with E-state index in [9.17, 15) is 22.8 Å². The minimum atomic E-state index is -4.28. The molecule has 0 aromatic heterocycles. The highest BCUT2D eigenvalue weighted by Crippen LogP contribution is 2.40. The average molecular weight is 651 g/mol.